The largest absolute Gasteiger partial charge is 0.289 e. The highest BCUT2D eigenvalue weighted by Crippen LogP contribution is 2.10. The summed E-state index contributed by atoms with van der Waals surface area (Å²) in [7, 11) is 1.97. The van der Waals surface area contributed by atoms with E-state index in [4.69, 9.17) is 0 Å². The molecule has 1 aromatic rings. The summed E-state index contributed by atoms with van der Waals surface area (Å²) in [4.78, 5) is 12.0. The maximum atomic E-state index is 12.0. The Labute approximate surface area is 85.3 Å². The summed E-state index contributed by atoms with van der Waals surface area (Å²) in [5.74, 6) is 0. The van der Waals surface area contributed by atoms with Gasteiger partial charge in [0.05, 0.1) is 0 Å². The van der Waals surface area contributed by atoms with E-state index in [0.29, 0.717) is 0 Å². The molecule has 0 aliphatic rings. The second kappa shape index (κ2) is 4.03. The third kappa shape index (κ3) is 1.51. The molecule has 0 fully saturated rings. The Hall–Kier alpha value is -0.990. The summed E-state index contributed by atoms with van der Waals surface area (Å²) in [6, 6.07) is 0.234. The zero-order valence-electron chi connectivity index (χ0n) is 9.79. The predicted octanol–water partition coefficient (Wildman–Crippen LogP) is 1.89. The van der Waals surface area contributed by atoms with Gasteiger partial charge >= 0.3 is 0 Å². The van der Waals surface area contributed by atoms with Crippen LogP contribution < -0.4 is 5.56 Å². The minimum Gasteiger partial charge on any atom is -0.289 e. The molecule has 0 radical (unpaired) electrons. The van der Waals surface area contributed by atoms with Crippen LogP contribution in [0.1, 0.15) is 45.0 Å². The minimum atomic E-state index is 0.182. The second-order valence-electron chi connectivity index (χ2n) is 3.90. The van der Waals surface area contributed by atoms with Crippen molar-refractivity contribution >= 4 is 0 Å². The first-order valence-electron chi connectivity index (χ1n) is 5.33. The summed E-state index contributed by atoms with van der Waals surface area (Å²) in [6.07, 6.45) is 1.75. The van der Waals surface area contributed by atoms with Crippen LogP contribution >= 0.6 is 0 Å². The van der Waals surface area contributed by atoms with Gasteiger partial charge in [-0.2, -0.15) is 0 Å². The maximum Gasteiger partial charge on any atom is 0.270 e. The molecule has 3 heteroatoms. The maximum absolute atomic E-state index is 12.0. The van der Waals surface area contributed by atoms with Crippen LogP contribution in [0.2, 0.25) is 0 Å². The lowest BCUT2D eigenvalue weighted by molar-refractivity contribution is 0.429. The molecule has 1 rings (SSSR count). The highest BCUT2D eigenvalue weighted by Gasteiger charge is 2.16. The Morgan fingerprint density at radius 2 is 1.79 bits per heavy atom. The Morgan fingerprint density at radius 3 is 2.07 bits per heavy atom. The van der Waals surface area contributed by atoms with Crippen molar-refractivity contribution < 1.29 is 0 Å². The third-order valence-corrected chi connectivity index (χ3v) is 2.71. The lowest BCUT2D eigenvalue weighted by atomic mass is 10.1. The fraction of sp³-hybridized carbons (Fsp3) is 0.727. The van der Waals surface area contributed by atoms with Crippen molar-refractivity contribution in [1.82, 2.24) is 9.36 Å². The molecule has 0 unspecified atom stereocenters. The molecule has 1 heterocycles. The van der Waals surface area contributed by atoms with E-state index in [1.54, 1.807) is 0 Å². The standard InChI is InChI=1S/C11H20N2O/c1-6-9-10(7-2)12(5)13(8(3)4)11(9)14/h8H,6-7H2,1-5H3. The van der Waals surface area contributed by atoms with E-state index in [0.717, 1.165) is 18.4 Å². The Bertz CT molecular complexity index is 371. The van der Waals surface area contributed by atoms with Crippen LogP contribution in [0.3, 0.4) is 0 Å². The Balaban J connectivity index is 3.47. The Kier molecular flexibility index (Phi) is 3.19. The first-order valence-corrected chi connectivity index (χ1v) is 5.33. The van der Waals surface area contributed by atoms with E-state index in [1.807, 2.05) is 37.2 Å². The predicted molar refractivity (Wildman–Crippen MR) is 58.8 cm³/mol. The van der Waals surface area contributed by atoms with E-state index in [1.165, 1.54) is 5.69 Å². The number of hydrogen-bond acceptors (Lipinski definition) is 1. The van der Waals surface area contributed by atoms with Crippen LogP contribution in [0, 0.1) is 0 Å². The molecule has 0 aromatic carbocycles. The molecule has 0 N–H and O–H groups in total. The van der Waals surface area contributed by atoms with Crippen molar-refractivity contribution in [2.24, 2.45) is 7.05 Å². The molecule has 1 aromatic heterocycles. The first-order chi connectivity index (χ1) is 6.54. The molecular formula is C11H20N2O. The van der Waals surface area contributed by atoms with E-state index >= 15 is 0 Å². The summed E-state index contributed by atoms with van der Waals surface area (Å²) in [6.45, 7) is 8.22. The molecule has 0 amide bonds. The van der Waals surface area contributed by atoms with Gasteiger partial charge in [0.15, 0.2) is 0 Å². The molecule has 14 heavy (non-hydrogen) atoms. The summed E-state index contributed by atoms with van der Waals surface area (Å²) >= 11 is 0. The monoisotopic (exact) mass is 196 g/mol. The van der Waals surface area contributed by atoms with Gasteiger partial charge in [0.25, 0.3) is 5.56 Å². The normalized spacial score (nSPS) is 11.3. The van der Waals surface area contributed by atoms with Crippen molar-refractivity contribution in [1.29, 1.82) is 0 Å². The van der Waals surface area contributed by atoms with Crippen molar-refractivity contribution in [3.05, 3.63) is 21.6 Å². The van der Waals surface area contributed by atoms with E-state index in [2.05, 4.69) is 6.92 Å². The van der Waals surface area contributed by atoms with Gasteiger partial charge in [0, 0.05) is 24.3 Å². The highest BCUT2D eigenvalue weighted by atomic mass is 16.1. The van der Waals surface area contributed by atoms with Crippen LogP contribution in [-0.2, 0) is 19.9 Å². The number of nitrogens with zero attached hydrogens (tertiary/aromatic N) is 2. The Morgan fingerprint density at radius 1 is 1.21 bits per heavy atom. The SMILES string of the molecule is CCc1c(CC)n(C)n(C(C)C)c1=O. The highest BCUT2D eigenvalue weighted by molar-refractivity contribution is 5.19. The van der Waals surface area contributed by atoms with E-state index < -0.39 is 0 Å². The van der Waals surface area contributed by atoms with Gasteiger partial charge in [-0.05, 0) is 26.7 Å². The molecule has 0 saturated carbocycles. The summed E-state index contributed by atoms with van der Waals surface area (Å²) in [5, 5.41) is 0. The molecule has 0 spiro atoms. The van der Waals surface area contributed by atoms with Crippen LogP contribution in [0.15, 0.2) is 4.79 Å². The molecular weight excluding hydrogens is 176 g/mol. The topological polar surface area (TPSA) is 26.9 Å². The lowest BCUT2D eigenvalue weighted by Gasteiger charge is -2.12. The van der Waals surface area contributed by atoms with Crippen molar-refractivity contribution in [2.75, 3.05) is 0 Å². The molecule has 0 saturated heterocycles. The average Bonchev–Trinajstić information content (AvgIpc) is 2.36. The smallest absolute Gasteiger partial charge is 0.270 e. The van der Waals surface area contributed by atoms with Gasteiger partial charge in [-0.25, -0.2) is 4.68 Å². The molecule has 0 aliphatic heterocycles. The van der Waals surface area contributed by atoms with Crippen LogP contribution in [-0.4, -0.2) is 9.36 Å². The van der Waals surface area contributed by atoms with Crippen molar-refractivity contribution in [2.45, 2.75) is 46.6 Å². The van der Waals surface area contributed by atoms with Gasteiger partial charge in [0.1, 0.15) is 0 Å². The quantitative estimate of drug-likeness (QED) is 0.725. The average molecular weight is 196 g/mol. The number of rotatable bonds is 3. The van der Waals surface area contributed by atoms with Gasteiger partial charge in [0.2, 0.25) is 0 Å². The van der Waals surface area contributed by atoms with Gasteiger partial charge in [-0.3, -0.25) is 9.48 Å². The molecule has 3 nitrogen and oxygen atoms in total. The third-order valence-electron chi connectivity index (χ3n) is 2.71. The first kappa shape index (κ1) is 11.1. The van der Waals surface area contributed by atoms with Gasteiger partial charge in [-0.1, -0.05) is 13.8 Å². The van der Waals surface area contributed by atoms with Gasteiger partial charge < -0.3 is 0 Å². The van der Waals surface area contributed by atoms with E-state index in [9.17, 15) is 4.79 Å². The molecule has 80 valence electrons. The number of aromatic nitrogens is 2. The number of hydrogen-bond donors (Lipinski definition) is 0. The molecule has 0 aliphatic carbocycles. The van der Waals surface area contributed by atoms with Crippen molar-refractivity contribution in [3.63, 3.8) is 0 Å². The summed E-state index contributed by atoms with van der Waals surface area (Å²) < 4.78 is 3.84. The van der Waals surface area contributed by atoms with Crippen LogP contribution in [0.25, 0.3) is 0 Å². The zero-order valence-corrected chi connectivity index (χ0v) is 9.79. The fourth-order valence-corrected chi connectivity index (χ4v) is 2.10. The minimum absolute atomic E-state index is 0.182. The van der Waals surface area contributed by atoms with Crippen LogP contribution in [0.5, 0.6) is 0 Å². The molecule has 0 atom stereocenters. The van der Waals surface area contributed by atoms with Crippen LogP contribution in [0.4, 0.5) is 0 Å². The summed E-state index contributed by atoms with van der Waals surface area (Å²) in [5.41, 5.74) is 2.33. The van der Waals surface area contributed by atoms with E-state index in [-0.39, 0.29) is 11.6 Å². The zero-order chi connectivity index (χ0) is 10.9. The fourth-order valence-electron chi connectivity index (χ4n) is 2.10. The lowest BCUT2D eigenvalue weighted by Crippen LogP contribution is -2.24. The van der Waals surface area contributed by atoms with Crippen molar-refractivity contribution in [3.8, 4) is 0 Å². The molecule has 0 bridgehead atoms. The second-order valence-corrected chi connectivity index (χ2v) is 3.90. The van der Waals surface area contributed by atoms with Gasteiger partial charge in [-0.15, -0.1) is 0 Å².